The van der Waals surface area contributed by atoms with Gasteiger partial charge in [0.15, 0.2) is 0 Å². The van der Waals surface area contributed by atoms with Crippen molar-refractivity contribution in [2.24, 2.45) is 0 Å². The minimum absolute atomic E-state index is 0.00862. The van der Waals surface area contributed by atoms with Crippen LogP contribution in [0, 0.1) is 10.1 Å². The van der Waals surface area contributed by atoms with Gasteiger partial charge in [-0.3, -0.25) is 14.9 Å². The summed E-state index contributed by atoms with van der Waals surface area (Å²) in [5, 5.41) is 17.9. The number of nitrogens with zero attached hydrogens (tertiary/aromatic N) is 4. The molecule has 2 aromatic carbocycles. The smallest absolute Gasteiger partial charge is 0.338 e. The number of benzene rings is 2. The second kappa shape index (κ2) is 8.30. The molecule has 1 unspecified atom stereocenters. The Bertz CT molecular complexity index is 1050. The number of amides is 1. The van der Waals surface area contributed by atoms with E-state index < -0.39 is 16.8 Å². The zero-order valence-electron chi connectivity index (χ0n) is 15.6. The topological polar surface area (TPSA) is 129 Å². The van der Waals surface area contributed by atoms with E-state index in [0.717, 1.165) is 30.5 Å². The van der Waals surface area contributed by atoms with E-state index in [1.54, 1.807) is 17.9 Å². The molecule has 0 saturated carbocycles. The van der Waals surface area contributed by atoms with Crippen LogP contribution < -0.4 is 5.32 Å². The van der Waals surface area contributed by atoms with E-state index in [9.17, 15) is 19.7 Å². The fraction of sp³-hybridized carbons (Fsp3) is 0.158. The van der Waals surface area contributed by atoms with Gasteiger partial charge in [0, 0.05) is 17.7 Å². The van der Waals surface area contributed by atoms with Crippen LogP contribution in [0.5, 0.6) is 0 Å². The van der Waals surface area contributed by atoms with Crippen LogP contribution in [-0.4, -0.2) is 38.7 Å². The van der Waals surface area contributed by atoms with Crippen LogP contribution in [0.4, 0.5) is 5.69 Å². The molecule has 0 spiro atoms. The number of methoxy groups -OCH3 is 1. The third-order valence-electron chi connectivity index (χ3n) is 4.24. The van der Waals surface area contributed by atoms with Crippen molar-refractivity contribution in [2.75, 3.05) is 7.11 Å². The monoisotopic (exact) mass is 395 g/mol. The second-order valence-corrected chi connectivity index (χ2v) is 6.14. The van der Waals surface area contributed by atoms with Gasteiger partial charge < -0.3 is 10.1 Å². The molecule has 1 atom stereocenters. The van der Waals surface area contributed by atoms with Gasteiger partial charge in [-0.25, -0.2) is 14.5 Å². The summed E-state index contributed by atoms with van der Waals surface area (Å²) in [7, 11) is 1.16. The Hall–Kier alpha value is -4.08. The first-order chi connectivity index (χ1) is 13.9. The maximum absolute atomic E-state index is 12.6. The van der Waals surface area contributed by atoms with Gasteiger partial charge in [-0.15, -0.1) is 0 Å². The highest BCUT2D eigenvalue weighted by atomic mass is 16.6. The quantitative estimate of drug-likeness (QED) is 0.385. The first-order valence-corrected chi connectivity index (χ1v) is 8.52. The minimum Gasteiger partial charge on any atom is -0.465 e. The molecule has 0 aliphatic heterocycles. The number of hydrogen-bond donors (Lipinski definition) is 1. The molecule has 0 aliphatic rings. The molecule has 3 aromatic rings. The molecule has 0 saturated heterocycles. The van der Waals surface area contributed by atoms with Crippen LogP contribution >= 0.6 is 0 Å². The number of rotatable bonds is 6. The summed E-state index contributed by atoms with van der Waals surface area (Å²) in [6.45, 7) is 1.78. The number of esters is 1. The van der Waals surface area contributed by atoms with Crippen LogP contribution in [0.25, 0.3) is 5.69 Å². The summed E-state index contributed by atoms with van der Waals surface area (Å²) >= 11 is 0. The average molecular weight is 395 g/mol. The number of nitro benzene ring substituents is 1. The molecule has 148 valence electrons. The number of carbonyl (C=O) groups is 2. The van der Waals surface area contributed by atoms with Crippen molar-refractivity contribution in [3.8, 4) is 5.69 Å². The molecule has 0 bridgehead atoms. The second-order valence-electron chi connectivity index (χ2n) is 6.14. The fourth-order valence-electron chi connectivity index (χ4n) is 2.70. The summed E-state index contributed by atoms with van der Waals surface area (Å²) in [6, 6.07) is 10.4. The SMILES string of the molecule is COC(=O)c1cc(C(=O)NC(C)c2ccc(-n3cncn3)cc2)cc([N+](=O)[O-])c1. The van der Waals surface area contributed by atoms with Gasteiger partial charge in [0.25, 0.3) is 11.6 Å². The highest BCUT2D eigenvalue weighted by molar-refractivity contribution is 5.99. The van der Waals surface area contributed by atoms with Crippen LogP contribution in [0.2, 0.25) is 0 Å². The van der Waals surface area contributed by atoms with E-state index in [1.807, 2.05) is 24.3 Å². The van der Waals surface area contributed by atoms with E-state index in [1.165, 1.54) is 12.4 Å². The highest BCUT2D eigenvalue weighted by Gasteiger charge is 2.19. The molecule has 1 aromatic heterocycles. The lowest BCUT2D eigenvalue weighted by atomic mass is 10.1. The molecule has 0 radical (unpaired) electrons. The zero-order valence-corrected chi connectivity index (χ0v) is 15.6. The van der Waals surface area contributed by atoms with E-state index in [-0.39, 0.29) is 22.9 Å². The lowest BCUT2D eigenvalue weighted by molar-refractivity contribution is -0.384. The molecule has 3 rings (SSSR count). The van der Waals surface area contributed by atoms with E-state index in [0.29, 0.717) is 0 Å². The molecule has 0 fully saturated rings. The van der Waals surface area contributed by atoms with Crippen LogP contribution in [-0.2, 0) is 4.74 Å². The summed E-state index contributed by atoms with van der Waals surface area (Å²) in [4.78, 5) is 38.7. The standard InChI is InChI=1S/C19H17N5O5/c1-12(13-3-5-16(6-4-13)23-11-20-10-21-23)22-18(25)14-7-15(19(26)29-2)9-17(8-14)24(27)28/h3-12H,1-2H3,(H,22,25). The fourth-order valence-corrected chi connectivity index (χ4v) is 2.70. The molecular weight excluding hydrogens is 378 g/mol. The Labute approximate surface area is 165 Å². The Balaban J connectivity index is 1.79. The average Bonchev–Trinajstić information content (AvgIpc) is 3.27. The minimum atomic E-state index is -0.764. The van der Waals surface area contributed by atoms with Gasteiger partial charge in [-0.05, 0) is 30.7 Å². The third kappa shape index (κ3) is 4.43. The molecule has 29 heavy (non-hydrogen) atoms. The van der Waals surface area contributed by atoms with Crippen molar-refractivity contribution < 1.29 is 19.2 Å². The predicted molar refractivity (Wildman–Crippen MR) is 102 cm³/mol. The van der Waals surface area contributed by atoms with Gasteiger partial charge in [0.1, 0.15) is 12.7 Å². The van der Waals surface area contributed by atoms with Gasteiger partial charge in [0.05, 0.1) is 29.3 Å². The van der Waals surface area contributed by atoms with Crippen molar-refractivity contribution >= 4 is 17.6 Å². The summed E-state index contributed by atoms with van der Waals surface area (Å²) in [6.07, 6.45) is 3.00. The lowest BCUT2D eigenvalue weighted by Gasteiger charge is -2.15. The predicted octanol–water partition coefficient (Wildman–Crippen LogP) is 2.45. The van der Waals surface area contributed by atoms with Gasteiger partial charge in [0.2, 0.25) is 0 Å². The number of hydrogen-bond acceptors (Lipinski definition) is 7. The summed E-state index contributed by atoms with van der Waals surface area (Å²) in [5.74, 6) is -1.31. The number of nitrogens with one attached hydrogen (secondary N) is 1. The molecule has 10 heteroatoms. The van der Waals surface area contributed by atoms with Crippen molar-refractivity contribution in [1.29, 1.82) is 0 Å². The maximum atomic E-state index is 12.6. The molecular formula is C19H17N5O5. The summed E-state index contributed by atoms with van der Waals surface area (Å²) in [5.41, 5.74) is 1.18. The number of ether oxygens (including phenoxy) is 1. The highest BCUT2D eigenvalue weighted by Crippen LogP contribution is 2.20. The van der Waals surface area contributed by atoms with E-state index in [2.05, 4.69) is 20.1 Å². The molecule has 1 amide bonds. The normalized spacial score (nSPS) is 11.5. The molecule has 10 nitrogen and oxygen atoms in total. The first kappa shape index (κ1) is 19.7. The van der Waals surface area contributed by atoms with Crippen molar-refractivity contribution in [1.82, 2.24) is 20.1 Å². The number of carbonyl (C=O) groups excluding carboxylic acids is 2. The van der Waals surface area contributed by atoms with E-state index >= 15 is 0 Å². The zero-order chi connectivity index (χ0) is 21.0. The molecule has 1 N–H and O–H groups in total. The van der Waals surface area contributed by atoms with Gasteiger partial charge in [-0.2, -0.15) is 5.10 Å². The van der Waals surface area contributed by atoms with Gasteiger partial charge in [-0.1, -0.05) is 12.1 Å². The van der Waals surface area contributed by atoms with E-state index in [4.69, 9.17) is 0 Å². The van der Waals surface area contributed by atoms with Crippen molar-refractivity contribution in [3.63, 3.8) is 0 Å². The Kier molecular flexibility index (Phi) is 5.63. The number of nitro groups is 1. The summed E-state index contributed by atoms with van der Waals surface area (Å²) < 4.78 is 6.19. The largest absolute Gasteiger partial charge is 0.465 e. The maximum Gasteiger partial charge on any atom is 0.338 e. The van der Waals surface area contributed by atoms with Crippen LogP contribution in [0.1, 0.15) is 39.2 Å². The number of non-ortho nitro benzene ring substituents is 1. The van der Waals surface area contributed by atoms with Gasteiger partial charge >= 0.3 is 5.97 Å². The van der Waals surface area contributed by atoms with Crippen molar-refractivity contribution in [2.45, 2.75) is 13.0 Å². The molecule has 0 aliphatic carbocycles. The Morgan fingerprint density at radius 1 is 1.17 bits per heavy atom. The first-order valence-electron chi connectivity index (χ1n) is 8.52. The lowest BCUT2D eigenvalue weighted by Crippen LogP contribution is -2.27. The third-order valence-corrected chi connectivity index (χ3v) is 4.24. The Morgan fingerprint density at radius 3 is 2.45 bits per heavy atom. The Morgan fingerprint density at radius 2 is 1.86 bits per heavy atom. The van der Waals surface area contributed by atoms with Crippen molar-refractivity contribution in [3.05, 3.63) is 81.9 Å². The number of aromatic nitrogens is 3. The molecule has 1 heterocycles. The van der Waals surface area contributed by atoms with Crippen LogP contribution in [0.3, 0.4) is 0 Å². The van der Waals surface area contributed by atoms with Crippen LogP contribution in [0.15, 0.2) is 55.1 Å².